The highest BCUT2D eigenvalue weighted by atomic mass is 32.2. The van der Waals surface area contributed by atoms with Crippen LogP contribution in [-0.2, 0) is 4.79 Å². The van der Waals surface area contributed by atoms with E-state index in [1.165, 1.54) is 0 Å². The van der Waals surface area contributed by atoms with Crippen molar-refractivity contribution in [1.29, 1.82) is 0 Å². The molecule has 0 spiro atoms. The number of nitrogens with zero attached hydrogens (tertiary/aromatic N) is 8. The van der Waals surface area contributed by atoms with Crippen LogP contribution in [0.5, 0.6) is 0 Å². The van der Waals surface area contributed by atoms with Crippen LogP contribution in [0.4, 0.5) is 22.5 Å². The molecule has 2 amide bonds. The highest BCUT2D eigenvalue weighted by Crippen LogP contribution is 2.27. The van der Waals surface area contributed by atoms with Crippen molar-refractivity contribution < 1.29 is 9.59 Å². The molecule has 3 aliphatic heterocycles. The molecular weight excluding hydrogens is 442 g/mol. The summed E-state index contributed by atoms with van der Waals surface area (Å²) in [5.41, 5.74) is 0.620. The van der Waals surface area contributed by atoms with E-state index in [9.17, 15) is 9.59 Å². The molecule has 172 valence electrons. The Hall–Kier alpha value is -3.25. The second kappa shape index (κ2) is 9.32. The number of carbonyl (C=O) groups is 2. The predicted octanol–water partition coefficient (Wildman–Crippen LogP) is 0.669. The Balaban J connectivity index is 1.40. The molecule has 2 aromatic rings. The van der Waals surface area contributed by atoms with Gasteiger partial charge in [-0.25, -0.2) is 15.0 Å². The molecule has 12 heteroatoms. The molecule has 0 atom stereocenters. The number of hydrogen-bond donors (Lipinski definition) is 1. The zero-order valence-electron chi connectivity index (χ0n) is 18.3. The molecule has 0 unspecified atom stereocenters. The molecule has 3 aliphatic rings. The first kappa shape index (κ1) is 21.6. The number of thioether (sulfide) groups is 1. The van der Waals surface area contributed by atoms with Gasteiger partial charge in [0, 0.05) is 70.8 Å². The number of imide groups is 1. The average Bonchev–Trinajstić information content (AvgIpc) is 3.16. The van der Waals surface area contributed by atoms with Crippen molar-refractivity contribution >= 4 is 46.7 Å². The monoisotopic (exact) mass is 467 g/mol. The van der Waals surface area contributed by atoms with Gasteiger partial charge in [0.1, 0.15) is 5.82 Å². The van der Waals surface area contributed by atoms with E-state index in [0.717, 1.165) is 75.9 Å². The maximum absolute atomic E-state index is 12.1. The first-order chi connectivity index (χ1) is 16.0. The molecule has 0 bridgehead atoms. The first-order valence-corrected chi connectivity index (χ1v) is 11.7. The summed E-state index contributed by atoms with van der Waals surface area (Å²) in [5, 5.41) is 1.94. The molecule has 5 rings (SSSR count). The predicted molar refractivity (Wildman–Crippen MR) is 127 cm³/mol. The van der Waals surface area contributed by atoms with E-state index < -0.39 is 0 Å². The summed E-state index contributed by atoms with van der Waals surface area (Å²) in [6.07, 6.45) is 5.17. The van der Waals surface area contributed by atoms with Crippen molar-refractivity contribution in [3.63, 3.8) is 0 Å². The summed E-state index contributed by atoms with van der Waals surface area (Å²) in [7, 11) is 2.11. The van der Waals surface area contributed by atoms with Gasteiger partial charge in [0.2, 0.25) is 11.9 Å². The number of nitrogens with one attached hydrogen (secondary N) is 1. The van der Waals surface area contributed by atoms with Gasteiger partial charge in [-0.3, -0.25) is 14.9 Å². The van der Waals surface area contributed by atoms with E-state index in [1.807, 2.05) is 12.1 Å². The zero-order valence-corrected chi connectivity index (χ0v) is 19.2. The van der Waals surface area contributed by atoms with E-state index in [0.29, 0.717) is 16.5 Å². The Kier molecular flexibility index (Phi) is 6.09. The van der Waals surface area contributed by atoms with Gasteiger partial charge in [0.25, 0.3) is 11.1 Å². The number of anilines is 3. The Labute approximate surface area is 195 Å². The second-order valence-electron chi connectivity index (χ2n) is 8.12. The lowest BCUT2D eigenvalue weighted by molar-refractivity contribution is -0.115. The second-order valence-corrected chi connectivity index (χ2v) is 9.13. The van der Waals surface area contributed by atoms with E-state index in [-0.39, 0.29) is 11.1 Å². The minimum absolute atomic E-state index is 0.347. The Bertz CT molecular complexity index is 1060. The lowest BCUT2D eigenvalue weighted by atomic mass is 10.3. The summed E-state index contributed by atoms with van der Waals surface area (Å²) in [6, 6.07) is 3.70. The van der Waals surface area contributed by atoms with Crippen LogP contribution in [0, 0.1) is 0 Å². The first-order valence-electron chi connectivity index (χ1n) is 10.9. The summed E-state index contributed by atoms with van der Waals surface area (Å²) in [6.45, 7) is 6.63. The van der Waals surface area contributed by atoms with Crippen LogP contribution in [0.1, 0.15) is 5.69 Å². The Morgan fingerprint density at radius 1 is 0.879 bits per heavy atom. The summed E-state index contributed by atoms with van der Waals surface area (Å²) in [5.74, 6) is 1.80. The van der Waals surface area contributed by atoms with Gasteiger partial charge in [-0.2, -0.15) is 4.98 Å². The van der Waals surface area contributed by atoms with Gasteiger partial charge in [0.15, 0.2) is 0 Å². The van der Waals surface area contributed by atoms with Crippen LogP contribution < -0.4 is 20.0 Å². The molecule has 33 heavy (non-hydrogen) atoms. The van der Waals surface area contributed by atoms with Crippen molar-refractivity contribution in [2.45, 2.75) is 0 Å². The maximum Gasteiger partial charge on any atom is 0.290 e. The lowest BCUT2D eigenvalue weighted by Gasteiger charge is -2.36. The standard InChI is InChI=1S/C21H25N9O2S/c1-27-5-7-28(8-6-27)17-14-15(13-16-18(31)26-21(32)33-16)24-20(25-17)30-11-9-29(10-12-30)19-22-3-2-4-23-19/h2-4,13-14H,5-12H2,1H3,(H,26,31,32)/b16-13+. The Morgan fingerprint density at radius 3 is 2.15 bits per heavy atom. The van der Waals surface area contributed by atoms with E-state index in [2.05, 4.69) is 41.9 Å². The number of hydrogen-bond acceptors (Lipinski definition) is 11. The zero-order chi connectivity index (χ0) is 22.8. The van der Waals surface area contributed by atoms with Crippen LogP contribution >= 0.6 is 11.8 Å². The molecule has 0 aromatic carbocycles. The highest BCUT2D eigenvalue weighted by Gasteiger charge is 2.27. The fraction of sp³-hybridized carbons (Fsp3) is 0.429. The van der Waals surface area contributed by atoms with Crippen LogP contribution in [0.2, 0.25) is 0 Å². The summed E-state index contributed by atoms with van der Waals surface area (Å²) < 4.78 is 0. The lowest BCUT2D eigenvalue weighted by Crippen LogP contribution is -2.48. The smallest absolute Gasteiger partial charge is 0.290 e. The number of amides is 2. The number of likely N-dealkylation sites (N-methyl/N-ethyl adjacent to an activating group) is 1. The van der Waals surface area contributed by atoms with E-state index in [4.69, 9.17) is 9.97 Å². The minimum Gasteiger partial charge on any atom is -0.354 e. The summed E-state index contributed by atoms with van der Waals surface area (Å²) >= 11 is 0.896. The van der Waals surface area contributed by atoms with Crippen molar-refractivity contribution in [1.82, 2.24) is 30.2 Å². The van der Waals surface area contributed by atoms with Crippen molar-refractivity contribution in [2.75, 3.05) is 74.1 Å². The number of carbonyl (C=O) groups excluding carboxylic acids is 2. The molecule has 2 aromatic heterocycles. The van der Waals surface area contributed by atoms with Crippen molar-refractivity contribution in [2.24, 2.45) is 0 Å². The molecule has 11 nitrogen and oxygen atoms in total. The van der Waals surface area contributed by atoms with E-state index >= 15 is 0 Å². The average molecular weight is 468 g/mol. The third-order valence-corrected chi connectivity index (χ3v) is 6.68. The SMILES string of the molecule is CN1CCN(c2cc(/C=C3/SC(=O)NC3=O)nc(N3CCN(c4ncccn4)CC3)n2)CC1. The van der Waals surface area contributed by atoms with Gasteiger partial charge in [-0.15, -0.1) is 0 Å². The maximum atomic E-state index is 12.1. The Morgan fingerprint density at radius 2 is 1.52 bits per heavy atom. The van der Waals surface area contributed by atoms with Gasteiger partial charge in [-0.05, 0) is 31.0 Å². The van der Waals surface area contributed by atoms with Crippen LogP contribution in [0.3, 0.4) is 0 Å². The van der Waals surface area contributed by atoms with Gasteiger partial charge in [-0.1, -0.05) is 0 Å². The topological polar surface area (TPSA) is 111 Å². The largest absolute Gasteiger partial charge is 0.354 e. The minimum atomic E-state index is -0.386. The highest BCUT2D eigenvalue weighted by molar-refractivity contribution is 8.18. The van der Waals surface area contributed by atoms with Crippen LogP contribution in [0.25, 0.3) is 6.08 Å². The molecule has 3 saturated heterocycles. The molecule has 3 fully saturated rings. The van der Waals surface area contributed by atoms with E-state index in [1.54, 1.807) is 18.5 Å². The van der Waals surface area contributed by atoms with Gasteiger partial charge < -0.3 is 19.6 Å². The molecule has 0 radical (unpaired) electrons. The molecule has 0 aliphatic carbocycles. The molecular formula is C21H25N9O2S. The van der Waals surface area contributed by atoms with Gasteiger partial charge >= 0.3 is 0 Å². The number of piperazine rings is 2. The van der Waals surface area contributed by atoms with Gasteiger partial charge in [0.05, 0.1) is 10.6 Å². The third-order valence-electron chi connectivity index (χ3n) is 5.87. The number of rotatable bonds is 4. The van der Waals surface area contributed by atoms with Crippen LogP contribution in [-0.4, -0.2) is 95.4 Å². The number of aromatic nitrogens is 4. The van der Waals surface area contributed by atoms with Crippen molar-refractivity contribution in [3.05, 3.63) is 35.1 Å². The quantitative estimate of drug-likeness (QED) is 0.641. The summed E-state index contributed by atoms with van der Waals surface area (Å²) in [4.78, 5) is 51.1. The van der Waals surface area contributed by atoms with Crippen molar-refractivity contribution in [3.8, 4) is 0 Å². The molecule has 5 heterocycles. The normalized spacial score (nSPS) is 21.1. The fourth-order valence-electron chi connectivity index (χ4n) is 3.97. The fourth-order valence-corrected chi connectivity index (χ4v) is 4.64. The van der Waals surface area contributed by atoms with Crippen LogP contribution in [0.15, 0.2) is 29.4 Å². The molecule has 1 N–H and O–H groups in total. The molecule has 0 saturated carbocycles. The third kappa shape index (κ3) is 4.91.